The summed E-state index contributed by atoms with van der Waals surface area (Å²) in [4.78, 5) is 0. The molecule has 1 rings (SSSR count). The Bertz CT molecular complexity index is 69.9. The maximum atomic E-state index is 2.81. The maximum Gasteiger partial charge on any atom is 0.150 e. The van der Waals surface area contributed by atoms with Crippen molar-refractivity contribution in [1.82, 2.24) is 0 Å². The fourth-order valence-corrected chi connectivity index (χ4v) is 0.978. The van der Waals surface area contributed by atoms with Crippen molar-refractivity contribution in [2.45, 2.75) is 5.78 Å². The zero-order valence-corrected chi connectivity index (χ0v) is 5.46. The molecule has 0 radical (unpaired) electrons. The standard InChI is InChI=1S/C4H11NP/c1-5(2)3-4(5)6/h4H,3,6H2,1-2H3/q+1. The van der Waals surface area contributed by atoms with Crippen molar-refractivity contribution in [1.29, 1.82) is 0 Å². The van der Waals surface area contributed by atoms with Gasteiger partial charge in [-0.3, -0.25) is 0 Å². The molecule has 0 bridgehead atoms. The summed E-state index contributed by atoms with van der Waals surface area (Å²) in [5.74, 6) is 0.852. The molecule has 0 amide bonds. The molecule has 2 atom stereocenters. The zero-order chi connectivity index (χ0) is 4.78. The van der Waals surface area contributed by atoms with Crippen LogP contribution in [0.15, 0.2) is 0 Å². The van der Waals surface area contributed by atoms with E-state index >= 15 is 0 Å². The summed E-state index contributed by atoms with van der Waals surface area (Å²) in [5, 5.41) is 0. The second-order valence-electron chi connectivity index (χ2n) is 2.53. The third-order valence-electron chi connectivity index (χ3n) is 1.42. The molecular weight excluding hydrogens is 93.0 g/mol. The average molecular weight is 104 g/mol. The first kappa shape index (κ1) is 4.55. The van der Waals surface area contributed by atoms with E-state index in [0.29, 0.717) is 0 Å². The molecule has 2 unspecified atom stereocenters. The molecule has 0 aromatic rings. The minimum Gasteiger partial charge on any atom is -0.313 e. The lowest BCUT2D eigenvalue weighted by atomic mass is 11.0. The fraction of sp³-hybridized carbons (Fsp3) is 1.00. The van der Waals surface area contributed by atoms with E-state index in [9.17, 15) is 0 Å². The summed E-state index contributed by atoms with van der Waals surface area (Å²) in [6.45, 7) is 1.34. The molecule has 0 aliphatic carbocycles. The maximum absolute atomic E-state index is 2.81. The second kappa shape index (κ2) is 0.962. The van der Waals surface area contributed by atoms with E-state index in [4.69, 9.17) is 0 Å². The molecule has 0 saturated carbocycles. The van der Waals surface area contributed by atoms with Crippen LogP contribution in [-0.4, -0.2) is 30.9 Å². The van der Waals surface area contributed by atoms with E-state index in [1.54, 1.807) is 0 Å². The molecule has 1 aliphatic rings. The topological polar surface area (TPSA) is 0 Å². The van der Waals surface area contributed by atoms with Crippen LogP contribution in [0.3, 0.4) is 0 Å². The highest BCUT2D eigenvalue weighted by Gasteiger charge is 2.42. The third kappa shape index (κ3) is 0.572. The van der Waals surface area contributed by atoms with Gasteiger partial charge in [-0.2, -0.15) is 0 Å². The van der Waals surface area contributed by atoms with Crippen LogP contribution >= 0.6 is 9.24 Å². The molecule has 1 heterocycles. The molecule has 1 fully saturated rings. The highest BCUT2D eigenvalue weighted by Crippen LogP contribution is 2.29. The third-order valence-corrected chi connectivity index (χ3v) is 2.44. The monoisotopic (exact) mass is 104 g/mol. The molecule has 0 spiro atoms. The molecule has 2 heteroatoms. The Labute approximate surface area is 41.1 Å². The Kier molecular flexibility index (Phi) is 0.729. The van der Waals surface area contributed by atoms with E-state index in [0.717, 1.165) is 5.78 Å². The van der Waals surface area contributed by atoms with E-state index in [1.165, 1.54) is 11.0 Å². The normalized spacial score (nSPS) is 39.5. The first-order valence-electron chi connectivity index (χ1n) is 2.21. The Balaban J connectivity index is 2.41. The van der Waals surface area contributed by atoms with Crippen LogP contribution in [0, 0.1) is 0 Å². The van der Waals surface area contributed by atoms with Crippen LogP contribution in [-0.2, 0) is 0 Å². The minimum atomic E-state index is 0.852. The van der Waals surface area contributed by atoms with Gasteiger partial charge in [-0.25, -0.2) is 0 Å². The largest absolute Gasteiger partial charge is 0.313 e. The van der Waals surface area contributed by atoms with Gasteiger partial charge in [0.25, 0.3) is 0 Å². The Morgan fingerprint density at radius 1 is 1.67 bits per heavy atom. The van der Waals surface area contributed by atoms with Crippen LogP contribution in [0.5, 0.6) is 0 Å². The first-order valence-corrected chi connectivity index (χ1v) is 2.88. The SMILES string of the molecule is C[N+]1(C)CC1P. The van der Waals surface area contributed by atoms with Crippen molar-refractivity contribution in [3.63, 3.8) is 0 Å². The Hall–Kier alpha value is 0.390. The van der Waals surface area contributed by atoms with Gasteiger partial charge in [0.1, 0.15) is 12.3 Å². The van der Waals surface area contributed by atoms with Gasteiger partial charge in [-0.1, -0.05) is 9.24 Å². The molecular formula is C4H11NP+. The van der Waals surface area contributed by atoms with Crippen molar-refractivity contribution >= 4 is 9.24 Å². The van der Waals surface area contributed by atoms with E-state index < -0.39 is 0 Å². The molecule has 1 nitrogen and oxygen atoms in total. The minimum absolute atomic E-state index is 0.852. The van der Waals surface area contributed by atoms with E-state index in [2.05, 4.69) is 23.3 Å². The van der Waals surface area contributed by atoms with Gasteiger partial charge < -0.3 is 4.48 Å². The Morgan fingerprint density at radius 2 is 1.83 bits per heavy atom. The van der Waals surface area contributed by atoms with Crippen molar-refractivity contribution in [3.05, 3.63) is 0 Å². The quantitative estimate of drug-likeness (QED) is 0.235. The molecule has 36 valence electrons. The van der Waals surface area contributed by atoms with Gasteiger partial charge in [0, 0.05) is 0 Å². The second-order valence-corrected chi connectivity index (χ2v) is 3.30. The summed E-state index contributed by atoms with van der Waals surface area (Å²) in [6, 6.07) is 0. The van der Waals surface area contributed by atoms with Crippen LogP contribution in [0.2, 0.25) is 0 Å². The summed E-state index contributed by atoms with van der Waals surface area (Å²) < 4.78 is 1.20. The fourth-order valence-electron chi connectivity index (χ4n) is 0.435. The van der Waals surface area contributed by atoms with Crippen molar-refractivity contribution < 1.29 is 4.48 Å². The number of quaternary nitrogens is 1. The number of likely N-dealkylation sites (N-methyl/N-ethyl adjacent to an activating group) is 1. The van der Waals surface area contributed by atoms with E-state index in [1.807, 2.05) is 0 Å². The predicted octanol–water partition coefficient (Wildman–Crippen LogP) is 0.278. The van der Waals surface area contributed by atoms with Crippen molar-refractivity contribution in [3.8, 4) is 0 Å². The van der Waals surface area contributed by atoms with Crippen LogP contribution in [0.4, 0.5) is 0 Å². The number of nitrogens with zero attached hydrogens (tertiary/aromatic N) is 1. The first-order chi connectivity index (χ1) is 2.63. The summed E-state index contributed by atoms with van der Waals surface area (Å²) in [5.41, 5.74) is 0. The molecule has 6 heavy (non-hydrogen) atoms. The van der Waals surface area contributed by atoms with Gasteiger partial charge >= 0.3 is 0 Å². The molecule has 0 aromatic heterocycles. The summed E-state index contributed by atoms with van der Waals surface area (Å²) in [7, 11) is 7.28. The summed E-state index contributed by atoms with van der Waals surface area (Å²) in [6.07, 6.45) is 0. The van der Waals surface area contributed by atoms with Gasteiger partial charge in [0.15, 0.2) is 0 Å². The molecule has 1 saturated heterocycles. The lowest BCUT2D eigenvalue weighted by molar-refractivity contribution is -0.759. The highest BCUT2D eigenvalue weighted by molar-refractivity contribution is 7.17. The zero-order valence-electron chi connectivity index (χ0n) is 4.31. The van der Waals surface area contributed by atoms with Crippen molar-refractivity contribution in [2.24, 2.45) is 0 Å². The van der Waals surface area contributed by atoms with Gasteiger partial charge in [0.05, 0.1) is 14.1 Å². The van der Waals surface area contributed by atoms with Crippen molar-refractivity contribution in [2.75, 3.05) is 20.6 Å². The van der Waals surface area contributed by atoms with Gasteiger partial charge in [0.2, 0.25) is 0 Å². The van der Waals surface area contributed by atoms with E-state index in [-0.39, 0.29) is 0 Å². The average Bonchev–Trinajstić information content (AvgIpc) is 1.73. The molecule has 1 aliphatic heterocycles. The number of hydrogen-bond donors (Lipinski definition) is 0. The molecule has 0 aromatic carbocycles. The van der Waals surface area contributed by atoms with Gasteiger partial charge in [-0.05, 0) is 0 Å². The molecule has 0 N–H and O–H groups in total. The predicted molar refractivity (Wildman–Crippen MR) is 30.5 cm³/mol. The smallest absolute Gasteiger partial charge is 0.150 e. The lowest BCUT2D eigenvalue weighted by Gasteiger charge is -1.99. The van der Waals surface area contributed by atoms with Gasteiger partial charge in [-0.15, -0.1) is 0 Å². The van der Waals surface area contributed by atoms with Crippen LogP contribution in [0.25, 0.3) is 0 Å². The highest BCUT2D eigenvalue weighted by atomic mass is 31.0. The van der Waals surface area contributed by atoms with Crippen LogP contribution < -0.4 is 0 Å². The number of hydrogen-bond acceptors (Lipinski definition) is 0. The van der Waals surface area contributed by atoms with Crippen LogP contribution in [0.1, 0.15) is 0 Å². The Morgan fingerprint density at radius 3 is 1.83 bits per heavy atom. The lowest BCUT2D eigenvalue weighted by Crippen LogP contribution is -2.12. The number of rotatable bonds is 0. The summed E-state index contributed by atoms with van der Waals surface area (Å²) >= 11 is 0.